The van der Waals surface area contributed by atoms with Gasteiger partial charge in [-0.05, 0) is 41.5 Å². The van der Waals surface area contributed by atoms with Crippen LogP contribution in [0.3, 0.4) is 0 Å². The van der Waals surface area contributed by atoms with Gasteiger partial charge in [-0.2, -0.15) is 0 Å². The van der Waals surface area contributed by atoms with E-state index in [1.807, 2.05) is 30.5 Å². The molecule has 0 saturated carbocycles. The Labute approximate surface area is 137 Å². The van der Waals surface area contributed by atoms with E-state index < -0.39 is 0 Å². The Morgan fingerprint density at radius 2 is 2.00 bits per heavy atom. The van der Waals surface area contributed by atoms with Crippen molar-refractivity contribution in [3.63, 3.8) is 0 Å². The van der Waals surface area contributed by atoms with E-state index in [0.29, 0.717) is 5.56 Å². The molecule has 0 bridgehead atoms. The Balaban J connectivity index is 1.85. The predicted molar refractivity (Wildman–Crippen MR) is 90.9 cm³/mol. The number of nitrogens with zero attached hydrogens (tertiary/aromatic N) is 2. The van der Waals surface area contributed by atoms with Crippen molar-refractivity contribution >= 4 is 16.7 Å². The zero-order chi connectivity index (χ0) is 16.5. The van der Waals surface area contributed by atoms with Crippen LogP contribution in [0.2, 0.25) is 0 Å². The molecular weight excluding hydrogens is 302 g/mol. The van der Waals surface area contributed by atoms with Crippen molar-refractivity contribution in [2.75, 3.05) is 0 Å². The van der Waals surface area contributed by atoms with Gasteiger partial charge in [0.2, 0.25) is 5.78 Å². The van der Waals surface area contributed by atoms with Gasteiger partial charge in [0.05, 0.1) is 6.20 Å². The topological polar surface area (TPSA) is 78.9 Å². The SMILES string of the molecule is O=C(c1cc(O)cc(-c2cccc3[nH]ccc23)c1)c1cnccn1. The highest BCUT2D eigenvalue weighted by Gasteiger charge is 2.14. The number of rotatable bonds is 3. The minimum absolute atomic E-state index is 0.0345. The minimum Gasteiger partial charge on any atom is -0.508 e. The average molecular weight is 315 g/mol. The number of nitrogens with one attached hydrogen (secondary N) is 1. The lowest BCUT2D eigenvalue weighted by atomic mass is 9.97. The Hall–Kier alpha value is -3.47. The molecule has 2 N–H and O–H groups in total. The molecule has 2 aromatic carbocycles. The third-order valence-electron chi connectivity index (χ3n) is 3.88. The van der Waals surface area contributed by atoms with Gasteiger partial charge in [-0.15, -0.1) is 0 Å². The molecule has 0 spiro atoms. The lowest BCUT2D eigenvalue weighted by molar-refractivity contribution is 0.103. The number of carbonyl (C=O) groups is 1. The van der Waals surface area contributed by atoms with Crippen LogP contribution in [0, 0.1) is 0 Å². The van der Waals surface area contributed by atoms with Crippen LogP contribution in [0.15, 0.2) is 67.3 Å². The lowest BCUT2D eigenvalue weighted by Gasteiger charge is -2.08. The largest absolute Gasteiger partial charge is 0.508 e. The molecule has 5 nitrogen and oxygen atoms in total. The van der Waals surface area contributed by atoms with Crippen LogP contribution < -0.4 is 0 Å². The van der Waals surface area contributed by atoms with Gasteiger partial charge >= 0.3 is 0 Å². The molecule has 2 heterocycles. The first-order valence-electron chi connectivity index (χ1n) is 7.43. The van der Waals surface area contributed by atoms with Gasteiger partial charge in [0.15, 0.2) is 0 Å². The second kappa shape index (κ2) is 5.62. The monoisotopic (exact) mass is 315 g/mol. The smallest absolute Gasteiger partial charge is 0.213 e. The normalized spacial score (nSPS) is 10.8. The van der Waals surface area contributed by atoms with Crippen LogP contribution in [-0.2, 0) is 0 Å². The summed E-state index contributed by atoms with van der Waals surface area (Å²) in [5.74, 6) is -0.242. The summed E-state index contributed by atoms with van der Waals surface area (Å²) in [5.41, 5.74) is 3.33. The van der Waals surface area contributed by atoms with E-state index in [1.165, 1.54) is 24.7 Å². The molecule has 116 valence electrons. The van der Waals surface area contributed by atoms with E-state index >= 15 is 0 Å². The van der Waals surface area contributed by atoms with E-state index in [9.17, 15) is 9.90 Å². The van der Waals surface area contributed by atoms with Crippen molar-refractivity contribution in [1.82, 2.24) is 15.0 Å². The summed E-state index contributed by atoms with van der Waals surface area (Å²) in [6.07, 6.45) is 6.26. The van der Waals surface area contributed by atoms with Gasteiger partial charge in [-0.3, -0.25) is 9.78 Å². The molecule has 0 unspecified atom stereocenters. The summed E-state index contributed by atoms with van der Waals surface area (Å²) in [6.45, 7) is 0. The first kappa shape index (κ1) is 14.1. The first-order valence-corrected chi connectivity index (χ1v) is 7.43. The van der Waals surface area contributed by atoms with Crippen LogP contribution in [-0.4, -0.2) is 25.8 Å². The Kier molecular flexibility index (Phi) is 3.31. The molecule has 0 saturated heterocycles. The fraction of sp³-hybridized carbons (Fsp3) is 0. The van der Waals surface area contributed by atoms with Crippen LogP contribution in [0.1, 0.15) is 16.1 Å². The number of carbonyl (C=O) groups excluding carboxylic acids is 1. The highest BCUT2D eigenvalue weighted by atomic mass is 16.3. The average Bonchev–Trinajstić information content (AvgIpc) is 3.10. The summed E-state index contributed by atoms with van der Waals surface area (Å²) in [5, 5.41) is 11.1. The number of fused-ring (bicyclic) bond motifs is 1. The molecule has 5 heteroatoms. The van der Waals surface area contributed by atoms with Gasteiger partial charge in [-0.1, -0.05) is 12.1 Å². The number of phenolic OH excluding ortho intramolecular Hbond substituents is 1. The summed E-state index contributed by atoms with van der Waals surface area (Å²) >= 11 is 0. The van der Waals surface area contributed by atoms with Crippen molar-refractivity contribution in [3.05, 3.63) is 78.5 Å². The zero-order valence-corrected chi connectivity index (χ0v) is 12.6. The van der Waals surface area contributed by atoms with E-state index in [1.54, 1.807) is 12.1 Å². The molecule has 0 aliphatic carbocycles. The Morgan fingerprint density at radius 3 is 2.83 bits per heavy atom. The number of H-pyrrole nitrogens is 1. The predicted octanol–water partition coefficient (Wildman–Crippen LogP) is 3.56. The molecular formula is C19H13N3O2. The molecule has 0 amide bonds. The fourth-order valence-electron chi connectivity index (χ4n) is 2.80. The van der Waals surface area contributed by atoms with Gasteiger partial charge in [0, 0.05) is 35.1 Å². The number of hydrogen-bond donors (Lipinski definition) is 2. The maximum Gasteiger partial charge on any atom is 0.213 e. The number of ketones is 1. The number of aromatic nitrogens is 3. The third-order valence-corrected chi connectivity index (χ3v) is 3.88. The van der Waals surface area contributed by atoms with E-state index in [4.69, 9.17) is 0 Å². The van der Waals surface area contributed by atoms with Crippen LogP contribution in [0.4, 0.5) is 0 Å². The van der Waals surface area contributed by atoms with Gasteiger partial charge in [0.1, 0.15) is 11.4 Å². The van der Waals surface area contributed by atoms with Crippen molar-refractivity contribution in [2.24, 2.45) is 0 Å². The molecule has 0 radical (unpaired) electrons. The number of aromatic hydroxyl groups is 1. The van der Waals surface area contributed by atoms with E-state index in [-0.39, 0.29) is 17.2 Å². The van der Waals surface area contributed by atoms with Crippen molar-refractivity contribution < 1.29 is 9.90 Å². The minimum atomic E-state index is -0.276. The lowest BCUT2D eigenvalue weighted by Crippen LogP contribution is -2.04. The quantitative estimate of drug-likeness (QED) is 0.567. The summed E-state index contributed by atoms with van der Waals surface area (Å²) < 4.78 is 0. The maximum absolute atomic E-state index is 12.6. The van der Waals surface area contributed by atoms with Gasteiger partial charge < -0.3 is 10.1 Å². The number of aromatic amines is 1. The number of hydrogen-bond acceptors (Lipinski definition) is 4. The van der Waals surface area contributed by atoms with E-state index in [2.05, 4.69) is 15.0 Å². The van der Waals surface area contributed by atoms with E-state index in [0.717, 1.165) is 22.0 Å². The third kappa shape index (κ3) is 2.42. The zero-order valence-electron chi connectivity index (χ0n) is 12.6. The summed E-state index contributed by atoms with van der Waals surface area (Å²) in [4.78, 5) is 23.7. The van der Waals surface area contributed by atoms with Crippen LogP contribution in [0.5, 0.6) is 5.75 Å². The molecule has 24 heavy (non-hydrogen) atoms. The van der Waals surface area contributed by atoms with Crippen molar-refractivity contribution in [1.29, 1.82) is 0 Å². The first-order chi connectivity index (χ1) is 11.7. The van der Waals surface area contributed by atoms with Gasteiger partial charge in [0.25, 0.3) is 0 Å². The van der Waals surface area contributed by atoms with Crippen LogP contribution in [0.25, 0.3) is 22.0 Å². The Bertz CT molecular complexity index is 1040. The maximum atomic E-state index is 12.6. The number of benzene rings is 2. The molecule has 0 atom stereocenters. The molecule has 2 aromatic heterocycles. The molecule has 0 aliphatic heterocycles. The molecule has 4 aromatic rings. The summed E-state index contributed by atoms with van der Waals surface area (Å²) in [6, 6.07) is 12.7. The molecule has 0 fully saturated rings. The highest BCUT2D eigenvalue weighted by Crippen LogP contribution is 2.31. The highest BCUT2D eigenvalue weighted by molar-refractivity contribution is 6.09. The summed E-state index contributed by atoms with van der Waals surface area (Å²) in [7, 11) is 0. The van der Waals surface area contributed by atoms with Gasteiger partial charge in [-0.25, -0.2) is 4.98 Å². The number of phenols is 1. The van der Waals surface area contributed by atoms with Crippen molar-refractivity contribution in [3.8, 4) is 16.9 Å². The van der Waals surface area contributed by atoms with Crippen molar-refractivity contribution in [2.45, 2.75) is 0 Å². The second-order valence-corrected chi connectivity index (χ2v) is 5.43. The Morgan fingerprint density at radius 1 is 1.08 bits per heavy atom. The standard InChI is InChI=1S/C19H13N3O2/c23-14-9-12(15-2-1-3-17-16(15)4-5-21-17)8-13(10-14)19(24)18-11-20-6-7-22-18/h1-11,21,23H. The second-order valence-electron chi connectivity index (χ2n) is 5.43. The van der Waals surface area contributed by atoms with Crippen LogP contribution >= 0.6 is 0 Å². The molecule has 0 aliphatic rings. The molecule has 4 rings (SSSR count). The fourth-order valence-corrected chi connectivity index (χ4v) is 2.80.